The molecule has 0 amide bonds. The van der Waals surface area contributed by atoms with Crippen LogP contribution in [0.3, 0.4) is 0 Å². The zero-order chi connectivity index (χ0) is 14.1. The fourth-order valence-electron chi connectivity index (χ4n) is 2.24. The lowest BCUT2D eigenvalue weighted by Crippen LogP contribution is -2.25. The third-order valence-corrected chi connectivity index (χ3v) is 3.40. The molecule has 20 heavy (non-hydrogen) atoms. The highest BCUT2D eigenvalue weighted by Gasteiger charge is 2.31. The summed E-state index contributed by atoms with van der Waals surface area (Å²) in [4.78, 5) is 12.8. The lowest BCUT2D eigenvalue weighted by Gasteiger charge is -2.24. The Kier molecular flexibility index (Phi) is 3.18. The molecule has 1 N–H and O–H groups in total. The van der Waals surface area contributed by atoms with E-state index in [1.54, 1.807) is 12.3 Å². The van der Waals surface area contributed by atoms with E-state index in [4.69, 9.17) is 9.52 Å². The quantitative estimate of drug-likeness (QED) is 0.909. The van der Waals surface area contributed by atoms with Crippen LogP contribution in [-0.4, -0.2) is 17.1 Å². The van der Waals surface area contributed by atoms with Crippen LogP contribution in [0, 0.1) is 5.82 Å². The van der Waals surface area contributed by atoms with Gasteiger partial charge in [-0.3, -0.25) is 0 Å². The van der Waals surface area contributed by atoms with Gasteiger partial charge in [-0.1, -0.05) is 0 Å². The van der Waals surface area contributed by atoms with Crippen LogP contribution in [0.25, 0.3) is 0 Å². The predicted molar refractivity (Wildman–Crippen MR) is 71.3 cm³/mol. The maximum Gasteiger partial charge on any atom is 0.335 e. The average molecular weight is 275 g/mol. The fourth-order valence-corrected chi connectivity index (χ4v) is 2.24. The smallest absolute Gasteiger partial charge is 0.335 e. The summed E-state index contributed by atoms with van der Waals surface area (Å²) in [5.41, 5.74) is 0.383. The van der Waals surface area contributed by atoms with Crippen LogP contribution < -0.4 is 4.90 Å². The molecule has 5 heteroatoms. The Balaban J connectivity index is 1.89. The second-order valence-corrected chi connectivity index (χ2v) is 4.91. The van der Waals surface area contributed by atoms with E-state index in [0.29, 0.717) is 18.3 Å². The van der Waals surface area contributed by atoms with Gasteiger partial charge in [0, 0.05) is 6.04 Å². The van der Waals surface area contributed by atoms with E-state index in [-0.39, 0.29) is 5.56 Å². The molecule has 1 heterocycles. The van der Waals surface area contributed by atoms with Crippen molar-refractivity contribution in [2.75, 3.05) is 4.90 Å². The van der Waals surface area contributed by atoms with Gasteiger partial charge in [-0.2, -0.15) is 0 Å². The molecule has 1 aliphatic carbocycles. The number of benzene rings is 1. The molecule has 4 nitrogen and oxygen atoms in total. The number of anilines is 1. The van der Waals surface area contributed by atoms with Crippen molar-refractivity contribution >= 4 is 11.7 Å². The summed E-state index contributed by atoms with van der Waals surface area (Å²) in [6.45, 7) is 0.487. The third kappa shape index (κ3) is 2.52. The van der Waals surface area contributed by atoms with Crippen molar-refractivity contribution in [3.8, 4) is 0 Å². The summed E-state index contributed by atoms with van der Waals surface area (Å²) in [5, 5.41) is 8.87. The zero-order valence-electron chi connectivity index (χ0n) is 10.8. The molecule has 0 aliphatic heterocycles. The summed E-state index contributed by atoms with van der Waals surface area (Å²) in [5.74, 6) is -0.874. The van der Waals surface area contributed by atoms with Crippen molar-refractivity contribution in [2.24, 2.45) is 0 Å². The summed E-state index contributed by atoms with van der Waals surface area (Å²) < 4.78 is 19.4. The van der Waals surface area contributed by atoms with Gasteiger partial charge in [0.2, 0.25) is 0 Å². The molecule has 1 fully saturated rings. The Labute approximate surface area is 115 Å². The molecule has 1 aromatic carbocycles. The highest BCUT2D eigenvalue weighted by Crippen LogP contribution is 2.34. The lowest BCUT2D eigenvalue weighted by molar-refractivity contribution is 0.0696. The number of aromatic carboxylic acids is 1. The standard InChI is InChI=1S/C15H14FNO3/c16-13-8-10(15(18)19)3-6-14(13)17(11-4-5-11)9-12-2-1-7-20-12/h1-3,6-8,11H,4-5,9H2,(H,18,19). The van der Waals surface area contributed by atoms with E-state index in [2.05, 4.69) is 0 Å². The SMILES string of the molecule is O=C(O)c1ccc(N(Cc2ccco2)C2CC2)c(F)c1. The molecule has 3 rings (SSSR count). The van der Waals surface area contributed by atoms with Crippen molar-refractivity contribution in [2.45, 2.75) is 25.4 Å². The average Bonchev–Trinajstić information content (AvgIpc) is 3.14. The normalized spacial score (nSPS) is 14.2. The van der Waals surface area contributed by atoms with Gasteiger partial charge in [-0.25, -0.2) is 9.18 Å². The van der Waals surface area contributed by atoms with Crippen molar-refractivity contribution in [3.63, 3.8) is 0 Å². The lowest BCUT2D eigenvalue weighted by atomic mass is 10.1. The first-order valence-corrected chi connectivity index (χ1v) is 6.47. The summed E-state index contributed by atoms with van der Waals surface area (Å²) in [6.07, 6.45) is 3.62. The van der Waals surface area contributed by atoms with Crippen LogP contribution in [0.5, 0.6) is 0 Å². The molecule has 0 bridgehead atoms. The Morgan fingerprint density at radius 2 is 2.20 bits per heavy atom. The number of rotatable bonds is 5. The molecule has 1 saturated carbocycles. The van der Waals surface area contributed by atoms with Crippen LogP contribution in [0.2, 0.25) is 0 Å². The monoisotopic (exact) mass is 275 g/mol. The number of carbonyl (C=O) groups is 1. The molecule has 104 valence electrons. The molecule has 0 spiro atoms. The van der Waals surface area contributed by atoms with Crippen LogP contribution >= 0.6 is 0 Å². The van der Waals surface area contributed by atoms with Crippen molar-refractivity contribution in [1.82, 2.24) is 0 Å². The number of halogens is 1. The van der Waals surface area contributed by atoms with Gasteiger partial charge < -0.3 is 14.4 Å². The second-order valence-electron chi connectivity index (χ2n) is 4.91. The fraction of sp³-hybridized carbons (Fsp3) is 0.267. The Bertz CT molecular complexity index is 620. The van der Waals surface area contributed by atoms with E-state index >= 15 is 0 Å². The molecular weight excluding hydrogens is 261 g/mol. The maximum atomic E-state index is 14.1. The van der Waals surface area contributed by atoms with Crippen molar-refractivity contribution in [1.29, 1.82) is 0 Å². The second kappa shape index (κ2) is 5.00. The number of furan rings is 1. The minimum atomic E-state index is -1.13. The van der Waals surface area contributed by atoms with Gasteiger partial charge in [0.05, 0.1) is 24.1 Å². The number of hydrogen-bond donors (Lipinski definition) is 1. The van der Waals surface area contributed by atoms with Crippen molar-refractivity contribution in [3.05, 3.63) is 53.7 Å². The zero-order valence-corrected chi connectivity index (χ0v) is 10.8. The first-order chi connectivity index (χ1) is 9.65. The Morgan fingerprint density at radius 3 is 2.75 bits per heavy atom. The first-order valence-electron chi connectivity index (χ1n) is 6.47. The largest absolute Gasteiger partial charge is 0.478 e. The van der Waals surface area contributed by atoms with Gasteiger partial charge in [0.15, 0.2) is 0 Å². The minimum Gasteiger partial charge on any atom is -0.478 e. The van der Waals surface area contributed by atoms with Crippen LogP contribution in [0.1, 0.15) is 29.0 Å². The number of carboxylic acid groups (broad SMARTS) is 1. The highest BCUT2D eigenvalue weighted by molar-refractivity contribution is 5.88. The van der Waals surface area contributed by atoms with Gasteiger partial charge >= 0.3 is 5.97 Å². The molecule has 0 atom stereocenters. The number of carboxylic acids is 1. The number of hydrogen-bond acceptors (Lipinski definition) is 3. The summed E-state index contributed by atoms with van der Waals surface area (Å²) in [6, 6.07) is 7.96. The number of nitrogens with zero attached hydrogens (tertiary/aromatic N) is 1. The van der Waals surface area contributed by atoms with E-state index < -0.39 is 11.8 Å². The van der Waals surface area contributed by atoms with E-state index in [9.17, 15) is 9.18 Å². The minimum absolute atomic E-state index is 0.0417. The summed E-state index contributed by atoms with van der Waals surface area (Å²) in [7, 11) is 0. The van der Waals surface area contributed by atoms with Gasteiger partial charge in [0.25, 0.3) is 0 Å². The Morgan fingerprint density at radius 1 is 1.40 bits per heavy atom. The van der Waals surface area contributed by atoms with Crippen LogP contribution in [0.15, 0.2) is 41.0 Å². The molecule has 0 saturated heterocycles. The van der Waals surface area contributed by atoms with Gasteiger partial charge in [0.1, 0.15) is 11.6 Å². The topological polar surface area (TPSA) is 53.7 Å². The molecule has 0 radical (unpaired) electrons. The molecule has 2 aromatic rings. The molecular formula is C15H14FNO3. The maximum absolute atomic E-state index is 14.1. The van der Waals surface area contributed by atoms with Gasteiger partial charge in [-0.05, 0) is 43.2 Å². The predicted octanol–water partition coefficient (Wildman–Crippen LogP) is 3.29. The first kappa shape index (κ1) is 12.7. The van der Waals surface area contributed by atoms with E-state index in [0.717, 1.165) is 24.7 Å². The Hall–Kier alpha value is -2.30. The molecule has 1 aromatic heterocycles. The van der Waals surface area contributed by atoms with Crippen molar-refractivity contribution < 1.29 is 18.7 Å². The third-order valence-electron chi connectivity index (χ3n) is 3.40. The molecule has 1 aliphatic rings. The summed E-state index contributed by atoms with van der Waals surface area (Å²) >= 11 is 0. The van der Waals surface area contributed by atoms with Gasteiger partial charge in [-0.15, -0.1) is 0 Å². The van der Waals surface area contributed by atoms with Crippen LogP contribution in [-0.2, 0) is 6.54 Å². The highest BCUT2D eigenvalue weighted by atomic mass is 19.1. The van der Waals surface area contributed by atoms with E-state index in [1.165, 1.54) is 12.1 Å². The molecule has 0 unspecified atom stereocenters. The van der Waals surface area contributed by atoms with Crippen LogP contribution in [0.4, 0.5) is 10.1 Å². The van der Waals surface area contributed by atoms with E-state index in [1.807, 2.05) is 11.0 Å².